The Balaban J connectivity index is 2.55. The quantitative estimate of drug-likeness (QED) is 0.857. The molecule has 0 bridgehead atoms. The van der Waals surface area contributed by atoms with Crippen molar-refractivity contribution in [1.29, 1.82) is 0 Å². The number of aryl methyl sites for hydroxylation is 1. The SMILES string of the molecule is CCc1nc2c(=O)n(CC(C)C)ccc2[nH]1. The molecule has 4 heteroatoms. The lowest BCUT2D eigenvalue weighted by molar-refractivity contribution is 0.513. The van der Waals surface area contributed by atoms with E-state index < -0.39 is 0 Å². The smallest absolute Gasteiger partial charge is 0.278 e. The molecule has 2 rings (SSSR count). The predicted molar refractivity (Wildman–Crippen MR) is 64.6 cm³/mol. The van der Waals surface area contributed by atoms with E-state index in [2.05, 4.69) is 23.8 Å². The minimum Gasteiger partial charge on any atom is -0.342 e. The number of nitrogens with one attached hydrogen (secondary N) is 1. The van der Waals surface area contributed by atoms with E-state index in [-0.39, 0.29) is 5.56 Å². The van der Waals surface area contributed by atoms with Gasteiger partial charge in [-0.1, -0.05) is 20.8 Å². The van der Waals surface area contributed by atoms with Gasteiger partial charge >= 0.3 is 0 Å². The third-order valence-corrected chi connectivity index (χ3v) is 2.56. The van der Waals surface area contributed by atoms with Crippen LogP contribution in [0.25, 0.3) is 11.0 Å². The summed E-state index contributed by atoms with van der Waals surface area (Å²) in [5, 5.41) is 0. The van der Waals surface area contributed by atoms with Crippen molar-refractivity contribution in [3.8, 4) is 0 Å². The van der Waals surface area contributed by atoms with Crippen LogP contribution in [0.2, 0.25) is 0 Å². The van der Waals surface area contributed by atoms with Crippen molar-refractivity contribution in [1.82, 2.24) is 14.5 Å². The molecule has 1 N–H and O–H groups in total. The lowest BCUT2D eigenvalue weighted by Crippen LogP contribution is -2.21. The zero-order valence-electron chi connectivity index (χ0n) is 9.95. The van der Waals surface area contributed by atoms with Crippen molar-refractivity contribution in [2.75, 3.05) is 0 Å². The van der Waals surface area contributed by atoms with E-state index in [1.807, 2.05) is 19.2 Å². The number of aromatic nitrogens is 3. The molecule has 0 aliphatic carbocycles. The zero-order valence-corrected chi connectivity index (χ0v) is 9.95. The molecule has 2 heterocycles. The molecule has 0 spiro atoms. The molecule has 4 nitrogen and oxygen atoms in total. The van der Waals surface area contributed by atoms with Gasteiger partial charge in [-0.25, -0.2) is 4.98 Å². The maximum Gasteiger partial charge on any atom is 0.278 e. The summed E-state index contributed by atoms with van der Waals surface area (Å²) in [6.45, 7) is 6.95. The van der Waals surface area contributed by atoms with Crippen molar-refractivity contribution in [2.45, 2.75) is 33.7 Å². The molecule has 0 aliphatic rings. The molecular formula is C12H17N3O. The van der Waals surface area contributed by atoms with Gasteiger partial charge in [0.2, 0.25) is 0 Å². The van der Waals surface area contributed by atoms with Crippen LogP contribution in [0.1, 0.15) is 26.6 Å². The van der Waals surface area contributed by atoms with Gasteiger partial charge in [0.25, 0.3) is 5.56 Å². The Morgan fingerprint density at radius 3 is 2.88 bits per heavy atom. The highest BCUT2D eigenvalue weighted by Gasteiger charge is 2.08. The standard InChI is InChI=1S/C12H17N3O/c1-4-10-13-9-5-6-15(7-8(2)3)12(16)11(9)14-10/h5-6,8H,4,7H2,1-3H3,(H,13,14). The lowest BCUT2D eigenvalue weighted by Gasteiger charge is -2.07. The fourth-order valence-electron chi connectivity index (χ4n) is 1.79. The van der Waals surface area contributed by atoms with Crippen LogP contribution in [0.15, 0.2) is 17.1 Å². The molecule has 0 fully saturated rings. The Labute approximate surface area is 94.3 Å². The predicted octanol–water partition coefficient (Wildman–Crippen LogP) is 1.94. The van der Waals surface area contributed by atoms with E-state index in [9.17, 15) is 4.79 Å². The van der Waals surface area contributed by atoms with Crippen molar-refractivity contribution in [3.05, 3.63) is 28.4 Å². The normalized spacial score (nSPS) is 11.5. The summed E-state index contributed by atoms with van der Waals surface area (Å²) < 4.78 is 1.73. The van der Waals surface area contributed by atoms with Gasteiger partial charge in [-0.15, -0.1) is 0 Å². The maximum atomic E-state index is 12.1. The number of hydrogen-bond acceptors (Lipinski definition) is 2. The second-order valence-corrected chi connectivity index (χ2v) is 4.47. The minimum atomic E-state index is 0.00199. The molecule has 2 aromatic rings. The number of rotatable bonds is 3. The average Bonchev–Trinajstić information content (AvgIpc) is 2.65. The van der Waals surface area contributed by atoms with Crippen LogP contribution in [-0.2, 0) is 13.0 Å². The molecule has 0 saturated carbocycles. The molecule has 0 unspecified atom stereocenters. The maximum absolute atomic E-state index is 12.1. The van der Waals surface area contributed by atoms with Gasteiger partial charge in [0.1, 0.15) is 5.82 Å². The summed E-state index contributed by atoms with van der Waals surface area (Å²) in [5.74, 6) is 1.33. The monoisotopic (exact) mass is 219 g/mol. The minimum absolute atomic E-state index is 0.00199. The van der Waals surface area contributed by atoms with E-state index in [4.69, 9.17) is 0 Å². The van der Waals surface area contributed by atoms with Gasteiger partial charge in [-0.2, -0.15) is 0 Å². The van der Waals surface area contributed by atoms with Crippen LogP contribution in [0, 0.1) is 5.92 Å². The van der Waals surface area contributed by atoms with Crippen LogP contribution in [-0.4, -0.2) is 14.5 Å². The van der Waals surface area contributed by atoms with E-state index in [0.29, 0.717) is 11.4 Å². The van der Waals surface area contributed by atoms with Crippen LogP contribution in [0.3, 0.4) is 0 Å². The molecule has 0 atom stereocenters. The van der Waals surface area contributed by atoms with Crippen LogP contribution in [0.4, 0.5) is 0 Å². The van der Waals surface area contributed by atoms with Crippen LogP contribution < -0.4 is 5.56 Å². The fourth-order valence-corrected chi connectivity index (χ4v) is 1.79. The number of H-pyrrole nitrogens is 1. The summed E-state index contributed by atoms with van der Waals surface area (Å²) in [4.78, 5) is 19.5. The second kappa shape index (κ2) is 4.12. The van der Waals surface area contributed by atoms with Crippen molar-refractivity contribution >= 4 is 11.0 Å². The first kappa shape index (κ1) is 10.9. The van der Waals surface area contributed by atoms with Gasteiger partial charge < -0.3 is 9.55 Å². The summed E-state index contributed by atoms with van der Waals surface area (Å²) in [6.07, 6.45) is 2.65. The van der Waals surface area contributed by atoms with Gasteiger partial charge in [0, 0.05) is 19.2 Å². The van der Waals surface area contributed by atoms with Crippen molar-refractivity contribution in [2.24, 2.45) is 5.92 Å². The summed E-state index contributed by atoms with van der Waals surface area (Å²) >= 11 is 0. The van der Waals surface area contributed by atoms with Crippen LogP contribution in [0.5, 0.6) is 0 Å². The second-order valence-electron chi connectivity index (χ2n) is 4.47. The summed E-state index contributed by atoms with van der Waals surface area (Å²) in [7, 11) is 0. The Kier molecular flexibility index (Phi) is 2.81. The number of pyridine rings is 1. The van der Waals surface area contributed by atoms with Gasteiger partial charge in [-0.05, 0) is 12.0 Å². The Morgan fingerprint density at radius 1 is 1.50 bits per heavy atom. The first-order chi connectivity index (χ1) is 7.61. The van der Waals surface area contributed by atoms with Gasteiger partial charge in [0.15, 0.2) is 5.52 Å². The van der Waals surface area contributed by atoms with Crippen molar-refractivity contribution in [3.63, 3.8) is 0 Å². The molecule has 0 amide bonds. The summed E-state index contributed by atoms with van der Waals surface area (Å²) in [6, 6.07) is 1.92. The Bertz CT molecular complexity index is 551. The van der Waals surface area contributed by atoms with Crippen LogP contribution >= 0.6 is 0 Å². The van der Waals surface area contributed by atoms with E-state index in [0.717, 1.165) is 24.3 Å². The molecule has 2 aromatic heterocycles. The molecule has 0 aliphatic heterocycles. The molecule has 0 radical (unpaired) electrons. The van der Waals surface area contributed by atoms with Crippen molar-refractivity contribution < 1.29 is 0 Å². The molecular weight excluding hydrogens is 202 g/mol. The fraction of sp³-hybridized carbons (Fsp3) is 0.500. The highest BCUT2D eigenvalue weighted by molar-refractivity contribution is 5.73. The first-order valence-corrected chi connectivity index (χ1v) is 5.69. The number of aromatic amines is 1. The highest BCUT2D eigenvalue weighted by Crippen LogP contribution is 2.07. The van der Waals surface area contributed by atoms with Gasteiger partial charge in [-0.3, -0.25) is 4.79 Å². The molecule has 86 valence electrons. The third-order valence-electron chi connectivity index (χ3n) is 2.56. The highest BCUT2D eigenvalue weighted by atomic mass is 16.1. The molecule has 16 heavy (non-hydrogen) atoms. The zero-order chi connectivity index (χ0) is 11.7. The topological polar surface area (TPSA) is 50.7 Å². The Hall–Kier alpha value is -1.58. The molecule has 0 saturated heterocycles. The number of hydrogen-bond donors (Lipinski definition) is 1. The Morgan fingerprint density at radius 2 is 2.25 bits per heavy atom. The number of imidazole rings is 1. The molecule has 0 aromatic carbocycles. The van der Waals surface area contributed by atoms with Gasteiger partial charge in [0.05, 0.1) is 5.52 Å². The number of fused-ring (bicyclic) bond motifs is 1. The lowest BCUT2D eigenvalue weighted by atomic mass is 10.2. The average molecular weight is 219 g/mol. The van der Waals surface area contributed by atoms with E-state index in [1.165, 1.54) is 0 Å². The first-order valence-electron chi connectivity index (χ1n) is 5.69. The van der Waals surface area contributed by atoms with E-state index in [1.54, 1.807) is 4.57 Å². The summed E-state index contributed by atoms with van der Waals surface area (Å²) in [5.41, 5.74) is 1.39. The van der Waals surface area contributed by atoms with E-state index >= 15 is 0 Å². The largest absolute Gasteiger partial charge is 0.342 e. The number of nitrogens with zero attached hydrogens (tertiary/aromatic N) is 2. The third kappa shape index (κ3) is 1.87.